The number of nitrogens with one attached hydrogen (secondary N) is 2. The van der Waals surface area contributed by atoms with Gasteiger partial charge in [0.1, 0.15) is 0 Å². The Morgan fingerprint density at radius 3 is 2.79 bits per heavy atom. The number of methoxy groups -OCH3 is 1. The van der Waals surface area contributed by atoms with E-state index >= 15 is 0 Å². The van der Waals surface area contributed by atoms with Gasteiger partial charge in [-0.25, -0.2) is 9.37 Å². The maximum absolute atomic E-state index is 14.2. The molecule has 0 aliphatic carbocycles. The van der Waals surface area contributed by atoms with Gasteiger partial charge in [0.15, 0.2) is 23.1 Å². The van der Waals surface area contributed by atoms with E-state index in [9.17, 15) is 4.39 Å². The van der Waals surface area contributed by atoms with Crippen molar-refractivity contribution in [1.82, 2.24) is 14.9 Å². The maximum atomic E-state index is 14.2. The Labute approximate surface area is 170 Å². The molecule has 0 unspecified atom stereocenters. The predicted octanol–water partition coefficient (Wildman–Crippen LogP) is 3.96. The molecular formula is C21H28FN5O2. The Morgan fingerprint density at radius 1 is 1.24 bits per heavy atom. The highest BCUT2D eigenvalue weighted by Gasteiger charge is 2.13. The number of rotatable bonds is 10. The van der Waals surface area contributed by atoms with Gasteiger partial charge in [-0.3, -0.25) is 0 Å². The number of benzene rings is 1. The van der Waals surface area contributed by atoms with Crippen LogP contribution in [0.4, 0.5) is 21.8 Å². The van der Waals surface area contributed by atoms with Crippen molar-refractivity contribution < 1.29 is 13.9 Å². The standard InChI is InChI=1S/C21H28FN5O2/c1-4-16-19(22)20(23-2)26-21(25-16)24-15-8-9-17(28-3)18(14-15)29-13-7-12-27-10-5-6-11-27/h5,8-10,14H,4,6-7,11-13H2,1-3H3,(H2,23,24,25,26). The topological polar surface area (TPSA) is 71.5 Å². The fourth-order valence-electron chi connectivity index (χ4n) is 3.12. The molecule has 8 heteroatoms. The van der Waals surface area contributed by atoms with E-state index in [-0.39, 0.29) is 5.82 Å². The summed E-state index contributed by atoms with van der Waals surface area (Å²) in [7, 11) is 3.24. The summed E-state index contributed by atoms with van der Waals surface area (Å²) in [6.45, 7) is 4.48. The molecule has 0 amide bonds. The maximum Gasteiger partial charge on any atom is 0.229 e. The Balaban J connectivity index is 1.68. The van der Waals surface area contributed by atoms with Gasteiger partial charge in [-0.15, -0.1) is 0 Å². The molecule has 0 radical (unpaired) electrons. The van der Waals surface area contributed by atoms with Crippen LogP contribution in [0, 0.1) is 5.82 Å². The van der Waals surface area contributed by atoms with Crippen LogP contribution < -0.4 is 20.1 Å². The first-order valence-electron chi connectivity index (χ1n) is 9.87. The SMILES string of the molecule is CCc1nc(Nc2ccc(OC)c(OCCCN3C=CCC3)c2)nc(NC)c1F. The molecule has 3 rings (SSSR count). The highest BCUT2D eigenvalue weighted by molar-refractivity contribution is 5.61. The fourth-order valence-corrected chi connectivity index (χ4v) is 3.12. The molecule has 7 nitrogen and oxygen atoms in total. The van der Waals surface area contributed by atoms with Gasteiger partial charge in [0.05, 0.1) is 19.4 Å². The molecule has 1 aromatic heterocycles. The molecule has 2 aromatic rings. The Hall–Kier alpha value is -3.03. The van der Waals surface area contributed by atoms with Crippen molar-refractivity contribution >= 4 is 17.5 Å². The van der Waals surface area contributed by atoms with Gasteiger partial charge < -0.3 is 25.0 Å². The number of aromatic nitrogens is 2. The van der Waals surface area contributed by atoms with E-state index in [1.165, 1.54) is 0 Å². The van der Waals surface area contributed by atoms with Crippen molar-refractivity contribution in [2.45, 2.75) is 26.2 Å². The van der Waals surface area contributed by atoms with Crippen LogP contribution in [0.25, 0.3) is 0 Å². The summed E-state index contributed by atoms with van der Waals surface area (Å²) in [6.07, 6.45) is 6.82. The van der Waals surface area contributed by atoms with Crippen LogP contribution in [0.5, 0.6) is 11.5 Å². The second-order valence-corrected chi connectivity index (χ2v) is 6.66. The molecule has 2 N–H and O–H groups in total. The number of ether oxygens (including phenoxy) is 2. The number of aryl methyl sites for hydroxylation is 1. The summed E-state index contributed by atoms with van der Waals surface area (Å²) >= 11 is 0. The molecule has 2 heterocycles. The van der Waals surface area contributed by atoms with Crippen LogP contribution in [0.2, 0.25) is 0 Å². The summed E-state index contributed by atoms with van der Waals surface area (Å²) in [5, 5.41) is 5.89. The zero-order valence-electron chi connectivity index (χ0n) is 17.2. The number of hydrogen-bond acceptors (Lipinski definition) is 7. The van der Waals surface area contributed by atoms with Crippen LogP contribution in [-0.4, -0.2) is 48.7 Å². The number of nitrogens with zero attached hydrogens (tertiary/aromatic N) is 3. The van der Waals surface area contributed by atoms with Crippen molar-refractivity contribution in [2.75, 3.05) is 44.5 Å². The lowest BCUT2D eigenvalue weighted by Crippen LogP contribution is -2.17. The molecule has 1 aromatic carbocycles. The molecule has 0 spiro atoms. The van der Waals surface area contributed by atoms with Crippen LogP contribution >= 0.6 is 0 Å². The minimum Gasteiger partial charge on any atom is -0.493 e. The molecule has 0 atom stereocenters. The van der Waals surface area contributed by atoms with Crippen molar-refractivity contribution in [3.05, 3.63) is 42.0 Å². The highest BCUT2D eigenvalue weighted by Crippen LogP contribution is 2.31. The van der Waals surface area contributed by atoms with Crippen molar-refractivity contribution in [3.8, 4) is 11.5 Å². The molecule has 1 aliphatic rings. The molecule has 1 aliphatic heterocycles. The molecule has 156 valence electrons. The van der Waals surface area contributed by atoms with Crippen LogP contribution in [0.15, 0.2) is 30.5 Å². The lowest BCUT2D eigenvalue weighted by atomic mass is 10.2. The zero-order valence-corrected chi connectivity index (χ0v) is 17.2. The van der Waals surface area contributed by atoms with Gasteiger partial charge >= 0.3 is 0 Å². The van der Waals surface area contributed by atoms with E-state index in [0.29, 0.717) is 36.2 Å². The minimum absolute atomic E-state index is 0.167. The van der Waals surface area contributed by atoms with Crippen LogP contribution in [0.1, 0.15) is 25.5 Å². The summed E-state index contributed by atoms with van der Waals surface area (Å²) < 4.78 is 25.5. The number of hydrogen-bond donors (Lipinski definition) is 2. The van der Waals surface area contributed by atoms with Crippen molar-refractivity contribution in [3.63, 3.8) is 0 Å². The summed E-state index contributed by atoms with van der Waals surface area (Å²) in [4.78, 5) is 10.7. The Morgan fingerprint density at radius 2 is 2.10 bits per heavy atom. The summed E-state index contributed by atoms with van der Waals surface area (Å²) in [5.74, 6) is 1.36. The number of halogens is 1. The molecule has 0 saturated carbocycles. The molecule has 29 heavy (non-hydrogen) atoms. The Bertz CT molecular complexity index is 834. The van der Waals surface area contributed by atoms with Gasteiger partial charge in [0.25, 0.3) is 0 Å². The first-order valence-corrected chi connectivity index (χ1v) is 9.87. The van der Waals surface area contributed by atoms with E-state index < -0.39 is 5.82 Å². The lowest BCUT2D eigenvalue weighted by Gasteiger charge is -2.16. The van der Waals surface area contributed by atoms with Gasteiger partial charge in [0.2, 0.25) is 5.95 Å². The fraction of sp³-hybridized carbons (Fsp3) is 0.429. The summed E-state index contributed by atoms with van der Waals surface area (Å²) in [6, 6.07) is 5.51. The molecular weight excluding hydrogens is 373 g/mol. The first kappa shape index (κ1) is 20.7. The van der Waals surface area contributed by atoms with E-state index in [0.717, 1.165) is 31.6 Å². The lowest BCUT2D eigenvalue weighted by molar-refractivity contribution is 0.269. The van der Waals surface area contributed by atoms with Crippen molar-refractivity contribution in [1.29, 1.82) is 0 Å². The van der Waals surface area contributed by atoms with Crippen LogP contribution in [-0.2, 0) is 6.42 Å². The predicted molar refractivity (Wildman–Crippen MR) is 113 cm³/mol. The molecule has 0 saturated heterocycles. The smallest absolute Gasteiger partial charge is 0.229 e. The van der Waals surface area contributed by atoms with E-state index in [2.05, 4.69) is 37.8 Å². The average molecular weight is 401 g/mol. The second-order valence-electron chi connectivity index (χ2n) is 6.66. The van der Waals surface area contributed by atoms with E-state index in [4.69, 9.17) is 9.47 Å². The van der Waals surface area contributed by atoms with Gasteiger partial charge in [-0.05, 0) is 37.6 Å². The largest absolute Gasteiger partial charge is 0.493 e. The third-order valence-corrected chi connectivity index (χ3v) is 4.66. The average Bonchev–Trinajstić information content (AvgIpc) is 3.26. The highest BCUT2D eigenvalue weighted by atomic mass is 19.1. The monoisotopic (exact) mass is 401 g/mol. The normalized spacial score (nSPS) is 12.9. The third-order valence-electron chi connectivity index (χ3n) is 4.66. The van der Waals surface area contributed by atoms with Gasteiger partial charge in [-0.2, -0.15) is 4.98 Å². The first-order chi connectivity index (χ1) is 14.1. The van der Waals surface area contributed by atoms with Crippen molar-refractivity contribution in [2.24, 2.45) is 0 Å². The van der Waals surface area contributed by atoms with Gasteiger partial charge in [0, 0.05) is 31.9 Å². The quantitative estimate of drug-likeness (QED) is 0.584. The Kier molecular flexibility index (Phi) is 7.10. The zero-order chi connectivity index (χ0) is 20.6. The summed E-state index contributed by atoms with van der Waals surface area (Å²) in [5.41, 5.74) is 1.09. The molecule has 0 fully saturated rings. The van der Waals surface area contributed by atoms with E-state index in [1.807, 2.05) is 25.1 Å². The van der Waals surface area contributed by atoms with E-state index in [1.54, 1.807) is 14.2 Å². The second kappa shape index (κ2) is 9.95. The third kappa shape index (κ3) is 5.28. The van der Waals surface area contributed by atoms with Gasteiger partial charge in [-0.1, -0.05) is 13.0 Å². The van der Waals surface area contributed by atoms with Crippen LogP contribution in [0.3, 0.4) is 0 Å². The molecule has 0 bridgehead atoms. The minimum atomic E-state index is -0.424. The number of anilines is 3.